The first kappa shape index (κ1) is 30.2. The number of amides is 2. The van der Waals surface area contributed by atoms with E-state index in [0.29, 0.717) is 0 Å². The lowest BCUT2D eigenvalue weighted by Crippen LogP contribution is -2.54. The molecule has 10 nitrogen and oxygen atoms in total. The predicted octanol–water partition coefficient (Wildman–Crippen LogP) is 4.26. The lowest BCUT2D eigenvalue weighted by Gasteiger charge is -2.33. The van der Waals surface area contributed by atoms with Gasteiger partial charge >= 0.3 is 0 Å². The average molecular weight is 571 g/mol. The van der Waals surface area contributed by atoms with Crippen molar-refractivity contribution in [3.05, 3.63) is 100 Å². The van der Waals surface area contributed by atoms with Gasteiger partial charge in [-0.25, -0.2) is 12.8 Å². The van der Waals surface area contributed by atoms with Crippen molar-refractivity contribution in [2.75, 3.05) is 10.8 Å². The van der Waals surface area contributed by atoms with E-state index in [-0.39, 0.29) is 28.4 Å². The van der Waals surface area contributed by atoms with E-state index in [9.17, 15) is 32.5 Å². The Kier molecular flexibility index (Phi) is 9.25. The summed E-state index contributed by atoms with van der Waals surface area (Å²) < 4.78 is 42.8. The summed E-state index contributed by atoms with van der Waals surface area (Å²) in [5, 5.41) is 14.2. The van der Waals surface area contributed by atoms with Crippen molar-refractivity contribution in [3.63, 3.8) is 0 Å². The van der Waals surface area contributed by atoms with Gasteiger partial charge in [0.1, 0.15) is 18.4 Å². The number of nitrogens with zero attached hydrogens (tertiary/aromatic N) is 3. The number of non-ortho nitro benzene ring substituents is 1. The highest BCUT2D eigenvalue weighted by Gasteiger charge is 2.34. The van der Waals surface area contributed by atoms with E-state index < -0.39 is 50.7 Å². The van der Waals surface area contributed by atoms with E-state index >= 15 is 0 Å². The summed E-state index contributed by atoms with van der Waals surface area (Å²) in [5.74, 6) is -1.94. The van der Waals surface area contributed by atoms with Gasteiger partial charge in [-0.05, 0) is 52.0 Å². The highest BCUT2D eigenvalue weighted by Crippen LogP contribution is 2.27. The summed E-state index contributed by atoms with van der Waals surface area (Å²) in [6.07, 6.45) is 0. The molecule has 3 aromatic carbocycles. The Balaban J connectivity index is 2.08. The monoisotopic (exact) mass is 570 g/mol. The summed E-state index contributed by atoms with van der Waals surface area (Å²) in [7, 11) is -4.39. The number of halogens is 1. The van der Waals surface area contributed by atoms with Gasteiger partial charge in [0.05, 0.1) is 15.5 Å². The molecular formula is C28H31FN4O6S. The number of nitro benzene ring substituents is 1. The van der Waals surface area contributed by atoms with Gasteiger partial charge in [0, 0.05) is 29.8 Å². The molecule has 0 fully saturated rings. The molecule has 0 saturated carbocycles. The number of hydrogen-bond donors (Lipinski definition) is 1. The zero-order chi connectivity index (χ0) is 29.7. The van der Waals surface area contributed by atoms with Gasteiger partial charge < -0.3 is 10.2 Å². The molecule has 1 N–H and O–H groups in total. The minimum Gasteiger partial charge on any atom is -0.350 e. The summed E-state index contributed by atoms with van der Waals surface area (Å²) in [6, 6.07) is 16.8. The van der Waals surface area contributed by atoms with Gasteiger partial charge in [0.15, 0.2) is 0 Å². The van der Waals surface area contributed by atoms with Crippen LogP contribution < -0.4 is 9.62 Å². The molecule has 3 aromatic rings. The second-order valence-corrected chi connectivity index (χ2v) is 12.0. The number of rotatable bonds is 10. The number of hydrogen-bond acceptors (Lipinski definition) is 6. The molecule has 40 heavy (non-hydrogen) atoms. The van der Waals surface area contributed by atoms with Crippen molar-refractivity contribution in [2.24, 2.45) is 0 Å². The van der Waals surface area contributed by atoms with Crippen LogP contribution in [0.2, 0.25) is 0 Å². The first-order valence-electron chi connectivity index (χ1n) is 12.4. The number of benzene rings is 3. The smallest absolute Gasteiger partial charge is 0.271 e. The fourth-order valence-corrected chi connectivity index (χ4v) is 5.30. The van der Waals surface area contributed by atoms with Crippen LogP contribution >= 0.6 is 0 Å². The van der Waals surface area contributed by atoms with Crippen molar-refractivity contribution < 1.29 is 27.3 Å². The van der Waals surface area contributed by atoms with Crippen LogP contribution in [0.3, 0.4) is 0 Å². The van der Waals surface area contributed by atoms with E-state index in [4.69, 9.17) is 0 Å². The maximum absolute atomic E-state index is 14.6. The van der Waals surface area contributed by atoms with Gasteiger partial charge in [-0.15, -0.1) is 0 Å². The molecule has 3 rings (SSSR count). The molecule has 12 heteroatoms. The molecule has 0 aromatic heterocycles. The SMILES string of the molecule is C[C@@H](C(=O)NC(C)(C)C)N(Cc1ccccc1F)C(=O)CN(c1cccc([N+](=O)[O-])c1)S(=O)(=O)c1ccccc1. The third-order valence-electron chi connectivity index (χ3n) is 5.90. The Hall–Kier alpha value is -4.32. The highest BCUT2D eigenvalue weighted by atomic mass is 32.2. The second kappa shape index (κ2) is 12.2. The van der Waals surface area contributed by atoms with Crippen molar-refractivity contribution in [1.29, 1.82) is 0 Å². The maximum atomic E-state index is 14.6. The highest BCUT2D eigenvalue weighted by molar-refractivity contribution is 7.92. The summed E-state index contributed by atoms with van der Waals surface area (Å²) in [6.45, 7) is 5.62. The number of carbonyl (C=O) groups excluding carboxylic acids is 2. The number of nitro groups is 1. The molecular weight excluding hydrogens is 539 g/mol. The van der Waals surface area contributed by atoms with Gasteiger partial charge in [-0.1, -0.05) is 42.5 Å². The minimum absolute atomic E-state index is 0.121. The van der Waals surface area contributed by atoms with Crippen LogP contribution in [-0.4, -0.2) is 48.2 Å². The normalized spacial score (nSPS) is 12.3. The van der Waals surface area contributed by atoms with E-state index in [0.717, 1.165) is 15.3 Å². The molecule has 0 aliphatic carbocycles. The molecule has 0 bridgehead atoms. The van der Waals surface area contributed by atoms with Gasteiger partial charge in [0.25, 0.3) is 15.7 Å². The van der Waals surface area contributed by atoms with Gasteiger partial charge in [0.2, 0.25) is 11.8 Å². The van der Waals surface area contributed by atoms with E-state index in [2.05, 4.69) is 5.32 Å². The predicted molar refractivity (Wildman–Crippen MR) is 148 cm³/mol. The van der Waals surface area contributed by atoms with Crippen molar-refractivity contribution >= 4 is 33.2 Å². The molecule has 0 aliphatic heterocycles. The average Bonchev–Trinajstić information content (AvgIpc) is 2.90. The molecule has 0 spiro atoms. The Morgan fingerprint density at radius 2 is 1.62 bits per heavy atom. The zero-order valence-corrected chi connectivity index (χ0v) is 23.4. The van der Waals surface area contributed by atoms with Crippen LogP contribution in [0.15, 0.2) is 83.8 Å². The Bertz CT molecular complexity index is 1490. The van der Waals surface area contributed by atoms with E-state index in [1.165, 1.54) is 67.6 Å². The van der Waals surface area contributed by atoms with E-state index in [1.807, 2.05) is 0 Å². The Morgan fingerprint density at radius 3 is 2.23 bits per heavy atom. The van der Waals surface area contributed by atoms with Crippen molar-refractivity contribution in [1.82, 2.24) is 10.2 Å². The number of anilines is 1. The van der Waals surface area contributed by atoms with Crippen LogP contribution in [0.25, 0.3) is 0 Å². The molecule has 212 valence electrons. The van der Waals surface area contributed by atoms with Gasteiger partial charge in [-0.2, -0.15) is 0 Å². The van der Waals surface area contributed by atoms with Crippen molar-refractivity contribution in [2.45, 2.75) is 50.7 Å². The van der Waals surface area contributed by atoms with Crippen LogP contribution in [0, 0.1) is 15.9 Å². The van der Waals surface area contributed by atoms with Crippen molar-refractivity contribution in [3.8, 4) is 0 Å². The lowest BCUT2D eigenvalue weighted by atomic mass is 10.1. The molecule has 0 radical (unpaired) electrons. The number of carbonyl (C=O) groups is 2. The molecule has 0 aliphatic rings. The third-order valence-corrected chi connectivity index (χ3v) is 7.69. The summed E-state index contributed by atoms with van der Waals surface area (Å²) in [4.78, 5) is 38.6. The third kappa shape index (κ3) is 7.41. The number of nitrogens with one attached hydrogen (secondary N) is 1. The topological polar surface area (TPSA) is 130 Å². The quantitative estimate of drug-likeness (QED) is 0.286. The first-order valence-corrected chi connectivity index (χ1v) is 13.8. The van der Waals surface area contributed by atoms with E-state index in [1.54, 1.807) is 32.9 Å². The Morgan fingerprint density at radius 1 is 1.00 bits per heavy atom. The van der Waals surface area contributed by atoms with Gasteiger partial charge in [-0.3, -0.25) is 24.0 Å². The van der Waals surface area contributed by atoms with Crippen LogP contribution in [0.4, 0.5) is 15.8 Å². The number of sulfonamides is 1. The minimum atomic E-state index is -4.39. The second-order valence-electron chi connectivity index (χ2n) is 10.1. The molecule has 0 heterocycles. The van der Waals surface area contributed by atoms with Crippen LogP contribution in [-0.2, 0) is 26.2 Å². The standard InChI is InChI=1S/C28H31FN4O6S/c1-20(27(35)30-28(2,3)4)31(18-21-11-8-9-16-25(21)29)26(34)19-32(22-12-10-13-23(17-22)33(36)37)40(38,39)24-14-6-5-7-15-24/h5-17,20H,18-19H2,1-4H3,(H,30,35)/t20-/m0/s1. The maximum Gasteiger partial charge on any atom is 0.271 e. The lowest BCUT2D eigenvalue weighted by molar-refractivity contribution is -0.384. The Labute approximate surface area is 232 Å². The fraction of sp³-hybridized carbons (Fsp3) is 0.286. The largest absolute Gasteiger partial charge is 0.350 e. The summed E-state index contributed by atoms with van der Waals surface area (Å²) in [5.41, 5.74) is -1.01. The van der Waals surface area contributed by atoms with Crippen LogP contribution in [0.1, 0.15) is 33.3 Å². The molecule has 2 amide bonds. The first-order chi connectivity index (χ1) is 18.7. The zero-order valence-electron chi connectivity index (χ0n) is 22.6. The fourth-order valence-electron chi connectivity index (χ4n) is 3.88. The molecule has 0 saturated heterocycles. The summed E-state index contributed by atoms with van der Waals surface area (Å²) >= 11 is 0. The molecule has 1 atom stereocenters. The molecule has 0 unspecified atom stereocenters. The van der Waals surface area contributed by atoms with Crippen LogP contribution in [0.5, 0.6) is 0 Å².